The molecule has 0 aromatic heterocycles. The SMILES string of the molecule is CCC(=O)CCC(C(C)=O)N(C)C(=O)c1ccc(N)cc1C=O. The number of aldehydes is 1. The van der Waals surface area contributed by atoms with Crippen molar-refractivity contribution >= 4 is 29.4 Å². The lowest BCUT2D eigenvalue weighted by molar-refractivity contribution is -0.122. The van der Waals surface area contributed by atoms with Crippen LogP contribution in [0.2, 0.25) is 0 Å². The van der Waals surface area contributed by atoms with E-state index in [-0.39, 0.29) is 35.5 Å². The minimum absolute atomic E-state index is 0.0400. The molecule has 6 nitrogen and oxygen atoms in total. The molecule has 0 aliphatic heterocycles. The van der Waals surface area contributed by atoms with E-state index in [9.17, 15) is 19.2 Å². The van der Waals surface area contributed by atoms with E-state index in [1.165, 1.54) is 37.1 Å². The van der Waals surface area contributed by atoms with Crippen LogP contribution in [0.15, 0.2) is 18.2 Å². The molecule has 0 aliphatic rings. The van der Waals surface area contributed by atoms with Gasteiger partial charge in [-0.05, 0) is 31.5 Å². The minimum Gasteiger partial charge on any atom is -0.399 e. The van der Waals surface area contributed by atoms with E-state index in [2.05, 4.69) is 0 Å². The summed E-state index contributed by atoms with van der Waals surface area (Å²) < 4.78 is 0. The fraction of sp³-hybridized carbons (Fsp3) is 0.412. The summed E-state index contributed by atoms with van der Waals surface area (Å²) >= 11 is 0. The van der Waals surface area contributed by atoms with Gasteiger partial charge in [0.15, 0.2) is 12.1 Å². The highest BCUT2D eigenvalue weighted by Gasteiger charge is 2.26. The van der Waals surface area contributed by atoms with Gasteiger partial charge in [0, 0.05) is 31.1 Å². The Kier molecular flexibility index (Phi) is 6.63. The van der Waals surface area contributed by atoms with Gasteiger partial charge in [0.05, 0.1) is 11.6 Å². The van der Waals surface area contributed by atoms with Crippen LogP contribution in [-0.2, 0) is 9.59 Å². The van der Waals surface area contributed by atoms with Crippen LogP contribution >= 0.6 is 0 Å². The summed E-state index contributed by atoms with van der Waals surface area (Å²) in [6, 6.07) is 3.70. The van der Waals surface area contributed by atoms with Gasteiger partial charge in [0.1, 0.15) is 5.78 Å². The molecule has 1 aromatic rings. The van der Waals surface area contributed by atoms with Crippen molar-refractivity contribution in [3.63, 3.8) is 0 Å². The first kappa shape index (κ1) is 18.5. The van der Waals surface area contributed by atoms with Gasteiger partial charge in [-0.1, -0.05) is 6.92 Å². The van der Waals surface area contributed by atoms with Gasteiger partial charge < -0.3 is 10.6 Å². The molecule has 0 heterocycles. The third kappa shape index (κ3) is 4.74. The fourth-order valence-electron chi connectivity index (χ4n) is 2.35. The Morgan fingerprint density at radius 1 is 1.30 bits per heavy atom. The van der Waals surface area contributed by atoms with Crippen LogP contribution in [0.25, 0.3) is 0 Å². The number of carbonyl (C=O) groups excluding carboxylic acids is 4. The Bertz CT molecular complexity index is 625. The molecule has 0 bridgehead atoms. The zero-order valence-corrected chi connectivity index (χ0v) is 13.7. The molecule has 1 amide bonds. The maximum absolute atomic E-state index is 12.6. The molecule has 124 valence electrons. The van der Waals surface area contributed by atoms with Crippen molar-refractivity contribution in [3.05, 3.63) is 29.3 Å². The van der Waals surface area contributed by atoms with E-state index >= 15 is 0 Å². The van der Waals surface area contributed by atoms with Crippen molar-refractivity contribution in [2.24, 2.45) is 0 Å². The van der Waals surface area contributed by atoms with Crippen molar-refractivity contribution < 1.29 is 19.2 Å². The highest BCUT2D eigenvalue weighted by molar-refractivity contribution is 6.03. The number of anilines is 1. The molecule has 1 atom stereocenters. The van der Waals surface area contributed by atoms with Crippen molar-refractivity contribution in [2.75, 3.05) is 12.8 Å². The summed E-state index contributed by atoms with van der Waals surface area (Å²) in [5.41, 5.74) is 6.35. The molecule has 1 rings (SSSR count). The third-order valence-corrected chi connectivity index (χ3v) is 3.78. The predicted molar refractivity (Wildman–Crippen MR) is 87.3 cm³/mol. The Balaban J connectivity index is 3.01. The summed E-state index contributed by atoms with van der Waals surface area (Å²) in [6.07, 6.45) is 1.46. The number of ketones is 2. The Morgan fingerprint density at radius 3 is 2.48 bits per heavy atom. The van der Waals surface area contributed by atoms with Gasteiger partial charge >= 0.3 is 0 Å². The van der Waals surface area contributed by atoms with Gasteiger partial charge in [-0.15, -0.1) is 0 Å². The average Bonchev–Trinajstić information content (AvgIpc) is 2.53. The second-order valence-electron chi connectivity index (χ2n) is 5.44. The average molecular weight is 318 g/mol. The topological polar surface area (TPSA) is 97.5 Å². The predicted octanol–water partition coefficient (Wildman–Crippen LogP) is 1.87. The number of nitrogen functional groups attached to an aromatic ring is 1. The van der Waals surface area contributed by atoms with Crippen LogP contribution in [0.1, 0.15) is 53.8 Å². The summed E-state index contributed by atoms with van der Waals surface area (Å²) in [4.78, 5) is 48.3. The molecule has 1 aromatic carbocycles. The third-order valence-electron chi connectivity index (χ3n) is 3.78. The summed E-state index contributed by atoms with van der Waals surface area (Å²) in [5.74, 6) is -0.609. The lowest BCUT2D eigenvalue weighted by atomic mass is 10.0. The van der Waals surface area contributed by atoms with Crippen molar-refractivity contribution in [1.82, 2.24) is 4.90 Å². The number of carbonyl (C=O) groups is 4. The molecule has 0 saturated carbocycles. The molecule has 0 saturated heterocycles. The van der Waals surface area contributed by atoms with Gasteiger partial charge in [-0.25, -0.2) is 0 Å². The number of nitrogens with two attached hydrogens (primary N) is 1. The van der Waals surface area contributed by atoms with Crippen molar-refractivity contribution in [2.45, 2.75) is 39.2 Å². The van der Waals surface area contributed by atoms with Gasteiger partial charge in [-0.3, -0.25) is 19.2 Å². The molecule has 1 unspecified atom stereocenters. The molecule has 0 aliphatic carbocycles. The Morgan fingerprint density at radius 2 is 1.96 bits per heavy atom. The van der Waals surface area contributed by atoms with E-state index in [1.54, 1.807) is 6.92 Å². The number of benzene rings is 1. The zero-order chi connectivity index (χ0) is 17.6. The number of hydrogen-bond acceptors (Lipinski definition) is 5. The standard InChI is InChI=1S/C17H22N2O4/c1-4-14(22)6-8-16(11(2)21)19(3)17(23)15-7-5-13(18)9-12(15)10-20/h5,7,9-10,16H,4,6,8,18H2,1-3H3. The number of hydrogen-bond donors (Lipinski definition) is 1. The van der Waals surface area contributed by atoms with E-state index in [4.69, 9.17) is 5.73 Å². The number of likely N-dealkylation sites (N-methyl/N-ethyl adjacent to an activating group) is 1. The summed E-state index contributed by atoms with van der Waals surface area (Å²) in [6.45, 7) is 3.14. The van der Waals surface area contributed by atoms with E-state index in [0.29, 0.717) is 18.4 Å². The first-order valence-corrected chi connectivity index (χ1v) is 7.45. The molecule has 6 heteroatoms. The lowest BCUT2D eigenvalue weighted by Gasteiger charge is -2.26. The largest absolute Gasteiger partial charge is 0.399 e. The lowest BCUT2D eigenvalue weighted by Crippen LogP contribution is -2.42. The molecular formula is C17H22N2O4. The minimum atomic E-state index is -0.699. The number of amides is 1. The van der Waals surface area contributed by atoms with Crippen LogP contribution in [-0.4, -0.2) is 41.7 Å². The van der Waals surface area contributed by atoms with Gasteiger partial charge in [0.25, 0.3) is 5.91 Å². The first-order valence-electron chi connectivity index (χ1n) is 7.45. The van der Waals surface area contributed by atoms with Crippen LogP contribution in [0.4, 0.5) is 5.69 Å². The Hall–Kier alpha value is -2.50. The number of nitrogens with zero attached hydrogens (tertiary/aromatic N) is 1. The smallest absolute Gasteiger partial charge is 0.254 e. The van der Waals surface area contributed by atoms with Crippen molar-refractivity contribution in [1.29, 1.82) is 0 Å². The number of rotatable bonds is 8. The van der Waals surface area contributed by atoms with E-state index < -0.39 is 11.9 Å². The zero-order valence-electron chi connectivity index (χ0n) is 13.7. The second-order valence-corrected chi connectivity index (χ2v) is 5.44. The number of Topliss-reactive ketones (excluding diaryl/α,β-unsaturated/α-hetero) is 2. The van der Waals surface area contributed by atoms with Crippen LogP contribution < -0.4 is 5.73 Å². The molecule has 0 spiro atoms. The highest BCUT2D eigenvalue weighted by Crippen LogP contribution is 2.17. The Labute approximate surface area is 135 Å². The van der Waals surface area contributed by atoms with Gasteiger partial charge in [0.2, 0.25) is 0 Å². The fourth-order valence-corrected chi connectivity index (χ4v) is 2.35. The maximum atomic E-state index is 12.6. The van der Waals surface area contributed by atoms with Gasteiger partial charge in [-0.2, -0.15) is 0 Å². The maximum Gasteiger partial charge on any atom is 0.254 e. The molecular weight excluding hydrogens is 296 g/mol. The normalized spacial score (nSPS) is 11.6. The van der Waals surface area contributed by atoms with E-state index in [0.717, 1.165) is 0 Å². The highest BCUT2D eigenvalue weighted by atomic mass is 16.2. The van der Waals surface area contributed by atoms with Crippen LogP contribution in [0.5, 0.6) is 0 Å². The van der Waals surface area contributed by atoms with Crippen LogP contribution in [0, 0.1) is 0 Å². The summed E-state index contributed by atoms with van der Waals surface area (Å²) in [7, 11) is 1.50. The molecule has 0 radical (unpaired) electrons. The quantitative estimate of drug-likeness (QED) is 0.583. The van der Waals surface area contributed by atoms with Crippen molar-refractivity contribution in [3.8, 4) is 0 Å². The molecule has 0 fully saturated rings. The van der Waals surface area contributed by atoms with Crippen LogP contribution in [0.3, 0.4) is 0 Å². The summed E-state index contributed by atoms with van der Waals surface area (Å²) in [5, 5.41) is 0. The second kappa shape index (κ2) is 8.22. The monoisotopic (exact) mass is 318 g/mol. The first-order chi connectivity index (χ1) is 10.8. The molecule has 2 N–H and O–H groups in total. The molecule has 23 heavy (non-hydrogen) atoms. The van der Waals surface area contributed by atoms with E-state index in [1.807, 2.05) is 0 Å².